The fourth-order valence-corrected chi connectivity index (χ4v) is 5.26. The molecule has 3 fully saturated rings. The van der Waals surface area contributed by atoms with Gasteiger partial charge in [-0.3, -0.25) is 4.79 Å². The number of carbonyl (C=O) groups excluding carboxylic acids is 1. The molecule has 2 saturated carbocycles. The molecule has 1 heterocycles. The van der Waals surface area contributed by atoms with Crippen molar-refractivity contribution in [2.75, 3.05) is 0 Å². The highest BCUT2D eigenvalue weighted by molar-refractivity contribution is 5.79. The molecule has 0 N–H and O–H groups in total. The summed E-state index contributed by atoms with van der Waals surface area (Å²) in [6, 6.07) is 0. The van der Waals surface area contributed by atoms with Crippen LogP contribution >= 0.6 is 0 Å². The summed E-state index contributed by atoms with van der Waals surface area (Å²) >= 11 is 0. The topological polar surface area (TPSA) is 35.5 Å². The average molecular weight is 349 g/mol. The zero-order valence-electron chi connectivity index (χ0n) is 16.9. The molecular weight excluding hydrogens is 312 g/mol. The van der Waals surface area contributed by atoms with E-state index in [9.17, 15) is 4.79 Å². The van der Waals surface area contributed by atoms with Crippen molar-refractivity contribution in [3.63, 3.8) is 0 Å². The number of ketones is 1. The van der Waals surface area contributed by atoms with E-state index in [1.54, 1.807) is 5.57 Å². The first-order chi connectivity index (χ1) is 11.6. The highest BCUT2D eigenvalue weighted by atomic mass is 16.8. The fourth-order valence-electron chi connectivity index (χ4n) is 5.26. The highest BCUT2D eigenvalue weighted by Gasteiger charge is 2.53. The molecule has 0 aromatic carbocycles. The number of hydrogen-bond acceptors (Lipinski definition) is 3. The van der Waals surface area contributed by atoms with Crippen molar-refractivity contribution in [2.24, 2.45) is 23.2 Å². The summed E-state index contributed by atoms with van der Waals surface area (Å²) in [5.74, 6) is 1.21. The van der Waals surface area contributed by atoms with Crippen LogP contribution in [0.2, 0.25) is 0 Å². The molecular formula is C22H36O3. The van der Waals surface area contributed by atoms with Gasteiger partial charge in [-0.25, -0.2) is 0 Å². The van der Waals surface area contributed by atoms with Crippen molar-refractivity contribution in [1.82, 2.24) is 0 Å². The van der Waals surface area contributed by atoms with Crippen LogP contribution in [0.25, 0.3) is 0 Å². The molecule has 2 aliphatic carbocycles. The molecule has 1 aliphatic heterocycles. The van der Waals surface area contributed by atoms with E-state index in [-0.39, 0.29) is 23.5 Å². The van der Waals surface area contributed by atoms with Crippen LogP contribution in [0.1, 0.15) is 80.1 Å². The Bertz CT molecular complexity index is 545. The molecule has 142 valence electrons. The van der Waals surface area contributed by atoms with E-state index >= 15 is 0 Å². The summed E-state index contributed by atoms with van der Waals surface area (Å²) in [6.45, 7) is 13.1. The predicted molar refractivity (Wildman–Crippen MR) is 100 cm³/mol. The van der Waals surface area contributed by atoms with Gasteiger partial charge in [-0.2, -0.15) is 0 Å². The molecule has 0 amide bonds. The van der Waals surface area contributed by atoms with Gasteiger partial charge in [0.1, 0.15) is 5.78 Å². The van der Waals surface area contributed by atoms with E-state index in [0.717, 1.165) is 6.42 Å². The second-order valence-electron chi connectivity index (χ2n) is 9.71. The number of carbonyl (C=O) groups is 1. The van der Waals surface area contributed by atoms with Crippen LogP contribution in [-0.4, -0.2) is 23.8 Å². The first kappa shape index (κ1) is 19.1. The third-order valence-electron chi connectivity index (χ3n) is 7.09. The third-order valence-corrected chi connectivity index (χ3v) is 7.09. The van der Waals surface area contributed by atoms with Crippen LogP contribution in [0, 0.1) is 23.2 Å². The van der Waals surface area contributed by atoms with Gasteiger partial charge in [-0.15, -0.1) is 0 Å². The summed E-state index contributed by atoms with van der Waals surface area (Å²) in [7, 11) is 0. The first-order valence-corrected chi connectivity index (χ1v) is 10.1. The SMILES string of the molecule is C/C=C1/CCC(C(C)[C@H]2OC(C)(C)O[C@@H]2[C@@H]2CC(=O)CCC2(C)C)C1. The lowest BCUT2D eigenvalue weighted by Gasteiger charge is -2.43. The Labute approximate surface area is 153 Å². The van der Waals surface area contributed by atoms with Gasteiger partial charge in [0.25, 0.3) is 0 Å². The van der Waals surface area contributed by atoms with Gasteiger partial charge in [0.2, 0.25) is 0 Å². The lowest BCUT2D eigenvalue weighted by Crippen LogP contribution is -2.46. The van der Waals surface area contributed by atoms with Crippen LogP contribution in [0.3, 0.4) is 0 Å². The Morgan fingerprint density at radius 1 is 1.12 bits per heavy atom. The zero-order valence-corrected chi connectivity index (χ0v) is 16.9. The Balaban J connectivity index is 1.82. The number of ether oxygens (including phenoxy) is 2. The van der Waals surface area contributed by atoms with Crippen LogP contribution in [0.5, 0.6) is 0 Å². The Kier molecular flexibility index (Phi) is 5.20. The van der Waals surface area contributed by atoms with Gasteiger partial charge in [-0.05, 0) is 69.6 Å². The first-order valence-electron chi connectivity index (χ1n) is 10.1. The molecule has 3 aliphatic rings. The number of Topliss-reactive ketones (excluding diaryl/α,β-unsaturated/α-hetero) is 1. The number of allylic oxidation sites excluding steroid dienone is 2. The minimum absolute atomic E-state index is 0.0268. The van der Waals surface area contributed by atoms with Crippen LogP contribution in [-0.2, 0) is 14.3 Å². The molecule has 0 radical (unpaired) electrons. The Hall–Kier alpha value is -0.670. The molecule has 3 nitrogen and oxygen atoms in total. The van der Waals surface area contributed by atoms with Crippen molar-refractivity contribution in [1.29, 1.82) is 0 Å². The Morgan fingerprint density at radius 3 is 2.48 bits per heavy atom. The van der Waals surface area contributed by atoms with E-state index in [4.69, 9.17) is 9.47 Å². The van der Waals surface area contributed by atoms with Gasteiger partial charge in [0.05, 0.1) is 12.2 Å². The molecule has 3 rings (SSSR count). The molecule has 0 spiro atoms. The molecule has 2 unspecified atom stereocenters. The van der Waals surface area contributed by atoms with Gasteiger partial charge in [0.15, 0.2) is 5.79 Å². The van der Waals surface area contributed by atoms with E-state index in [0.29, 0.717) is 30.5 Å². The molecule has 25 heavy (non-hydrogen) atoms. The smallest absolute Gasteiger partial charge is 0.163 e. The summed E-state index contributed by atoms with van der Waals surface area (Å²) in [5, 5.41) is 0. The fraction of sp³-hybridized carbons (Fsp3) is 0.864. The normalized spacial score (nSPS) is 40.6. The second-order valence-corrected chi connectivity index (χ2v) is 9.71. The van der Waals surface area contributed by atoms with E-state index in [1.807, 2.05) is 13.8 Å². The van der Waals surface area contributed by atoms with Crippen molar-refractivity contribution in [3.8, 4) is 0 Å². The quantitative estimate of drug-likeness (QED) is 0.651. The summed E-state index contributed by atoms with van der Waals surface area (Å²) < 4.78 is 12.9. The van der Waals surface area contributed by atoms with Gasteiger partial charge in [-0.1, -0.05) is 32.4 Å². The number of rotatable bonds is 3. The van der Waals surface area contributed by atoms with E-state index in [1.165, 1.54) is 19.3 Å². The maximum atomic E-state index is 12.2. The predicted octanol–water partition coefficient (Wildman–Crippen LogP) is 5.28. The van der Waals surface area contributed by atoms with Crippen LogP contribution in [0.4, 0.5) is 0 Å². The lowest BCUT2D eigenvalue weighted by molar-refractivity contribution is -0.161. The molecule has 1 saturated heterocycles. The maximum Gasteiger partial charge on any atom is 0.163 e. The third kappa shape index (κ3) is 3.88. The molecule has 0 aromatic rings. The highest BCUT2D eigenvalue weighted by Crippen LogP contribution is 2.50. The van der Waals surface area contributed by atoms with Crippen molar-refractivity contribution >= 4 is 5.78 Å². The van der Waals surface area contributed by atoms with E-state index in [2.05, 4.69) is 33.8 Å². The lowest BCUT2D eigenvalue weighted by atomic mass is 9.64. The molecule has 0 aromatic heterocycles. The summed E-state index contributed by atoms with van der Waals surface area (Å²) in [5.41, 5.74) is 1.71. The van der Waals surface area contributed by atoms with Crippen molar-refractivity contribution in [3.05, 3.63) is 11.6 Å². The maximum absolute atomic E-state index is 12.2. The summed E-state index contributed by atoms with van der Waals surface area (Å²) in [4.78, 5) is 12.2. The van der Waals surface area contributed by atoms with Gasteiger partial charge in [0, 0.05) is 12.8 Å². The monoisotopic (exact) mass is 348 g/mol. The second kappa shape index (κ2) is 6.81. The van der Waals surface area contributed by atoms with Crippen LogP contribution < -0.4 is 0 Å². The minimum atomic E-state index is -0.553. The van der Waals surface area contributed by atoms with Crippen molar-refractivity contribution < 1.29 is 14.3 Å². The molecule has 5 atom stereocenters. The Morgan fingerprint density at radius 2 is 1.84 bits per heavy atom. The number of hydrogen-bond donors (Lipinski definition) is 0. The van der Waals surface area contributed by atoms with Crippen LogP contribution in [0.15, 0.2) is 11.6 Å². The zero-order chi connectivity index (χ0) is 18.4. The standard InChI is InChI=1S/C22H36O3/c1-7-15-8-9-16(12-15)14(2)19-20(25-22(5,6)24-19)18-13-17(23)10-11-21(18,3)4/h7,14,16,18-20H,8-13H2,1-6H3/b15-7-/t14?,16?,18-,19+,20+/m0/s1. The molecule has 0 bridgehead atoms. The minimum Gasteiger partial charge on any atom is -0.344 e. The largest absolute Gasteiger partial charge is 0.344 e. The average Bonchev–Trinajstić information content (AvgIpc) is 3.13. The summed E-state index contributed by atoms with van der Waals surface area (Å²) in [6.07, 6.45) is 8.39. The van der Waals surface area contributed by atoms with Crippen molar-refractivity contribution in [2.45, 2.75) is 98.1 Å². The molecule has 3 heteroatoms. The van der Waals surface area contributed by atoms with Gasteiger partial charge >= 0.3 is 0 Å². The van der Waals surface area contributed by atoms with E-state index < -0.39 is 5.79 Å². The van der Waals surface area contributed by atoms with Gasteiger partial charge < -0.3 is 9.47 Å².